The molecule has 110 valence electrons. The average molecular weight is 276 g/mol. The van der Waals surface area contributed by atoms with Crippen LogP contribution in [-0.4, -0.2) is 18.0 Å². The molecule has 0 amide bonds. The van der Waals surface area contributed by atoms with Crippen LogP contribution in [-0.2, 0) is 0 Å². The van der Waals surface area contributed by atoms with Crippen LogP contribution < -0.4 is 5.32 Å². The van der Waals surface area contributed by atoms with Crippen LogP contribution in [0.5, 0.6) is 0 Å². The summed E-state index contributed by atoms with van der Waals surface area (Å²) in [6.07, 6.45) is 13.6. The van der Waals surface area contributed by atoms with Crippen LogP contribution in [0.3, 0.4) is 0 Å². The fraction of sp³-hybridized carbons (Fsp3) is 1.00. The highest BCUT2D eigenvalue weighted by Crippen LogP contribution is 2.16. The van der Waals surface area contributed by atoms with Crippen molar-refractivity contribution in [1.29, 1.82) is 0 Å². The molecule has 0 aliphatic heterocycles. The van der Waals surface area contributed by atoms with E-state index in [2.05, 4.69) is 26.1 Å². The first-order valence-corrected chi connectivity index (χ1v) is 8.47. The van der Waals surface area contributed by atoms with Gasteiger partial charge in [0.25, 0.3) is 0 Å². The quantitative estimate of drug-likeness (QED) is 0.345. The molecule has 0 radical (unpaired) electrons. The zero-order valence-corrected chi connectivity index (χ0v) is 13.6. The monoisotopic (exact) mass is 275 g/mol. The smallest absolute Gasteiger partial charge is 0.0235 e. The van der Waals surface area contributed by atoms with Gasteiger partial charge in [-0.05, 0) is 33.2 Å². The van der Waals surface area contributed by atoms with E-state index < -0.39 is 0 Å². The molecular formula is C16H34ClN. The van der Waals surface area contributed by atoms with Gasteiger partial charge in [-0.25, -0.2) is 0 Å². The number of hydrogen-bond donors (Lipinski definition) is 1. The maximum absolute atomic E-state index is 5.69. The van der Waals surface area contributed by atoms with Crippen LogP contribution in [0.25, 0.3) is 0 Å². The van der Waals surface area contributed by atoms with Crippen LogP contribution in [0.2, 0.25) is 0 Å². The maximum atomic E-state index is 5.69. The molecule has 0 spiro atoms. The molecule has 1 N–H and O–H groups in total. The molecule has 0 bridgehead atoms. The molecule has 0 aliphatic rings. The molecule has 0 saturated carbocycles. The molecule has 0 aliphatic carbocycles. The van der Waals surface area contributed by atoms with Gasteiger partial charge >= 0.3 is 0 Å². The molecule has 0 aromatic heterocycles. The molecule has 0 aromatic carbocycles. The summed E-state index contributed by atoms with van der Waals surface area (Å²) in [6, 6.07) is 0. The van der Waals surface area contributed by atoms with Gasteiger partial charge in [0.15, 0.2) is 0 Å². The lowest BCUT2D eigenvalue weighted by Crippen LogP contribution is -2.39. The predicted octanol–water partition coefficient (Wildman–Crippen LogP) is 5.51. The van der Waals surface area contributed by atoms with Crippen molar-refractivity contribution in [3.63, 3.8) is 0 Å². The highest BCUT2D eigenvalue weighted by molar-refractivity contribution is 6.17. The summed E-state index contributed by atoms with van der Waals surface area (Å²) in [6.45, 7) is 7.94. The Bertz CT molecular complexity index is 168. The summed E-state index contributed by atoms with van der Waals surface area (Å²) in [5.41, 5.74) is 0.286. The summed E-state index contributed by atoms with van der Waals surface area (Å²) >= 11 is 5.69. The van der Waals surface area contributed by atoms with E-state index in [0.29, 0.717) is 0 Å². The van der Waals surface area contributed by atoms with E-state index in [-0.39, 0.29) is 5.54 Å². The van der Waals surface area contributed by atoms with E-state index in [9.17, 15) is 0 Å². The molecule has 0 atom stereocenters. The lowest BCUT2D eigenvalue weighted by atomic mass is 9.96. The first kappa shape index (κ1) is 18.2. The Morgan fingerprint density at radius 2 is 1.39 bits per heavy atom. The Hall–Kier alpha value is 0.250. The van der Waals surface area contributed by atoms with Crippen LogP contribution in [0.1, 0.15) is 85.0 Å². The van der Waals surface area contributed by atoms with Gasteiger partial charge in [-0.15, -0.1) is 11.6 Å². The molecule has 0 aromatic rings. The van der Waals surface area contributed by atoms with Gasteiger partial charge in [0.05, 0.1) is 0 Å². The van der Waals surface area contributed by atoms with Crippen molar-refractivity contribution < 1.29 is 0 Å². The average Bonchev–Trinajstić information content (AvgIpc) is 2.33. The second kappa shape index (κ2) is 12.3. The number of halogens is 1. The van der Waals surface area contributed by atoms with Crippen LogP contribution in [0.15, 0.2) is 0 Å². The van der Waals surface area contributed by atoms with Gasteiger partial charge in [-0.1, -0.05) is 58.3 Å². The summed E-state index contributed by atoms with van der Waals surface area (Å²) in [5, 5.41) is 3.59. The van der Waals surface area contributed by atoms with Gasteiger partial charge in [-0.2, -0.15) is 0 Å². The Morgan fingerprint density at radius 1 is 0.833 bits per heavy atom. The maximum Gasteiger partial charge on any atom is 0.0235 e. The van der Waals surface area contributed by atoms with E-state index in [1.54, 1.807) is 0 Å². The van der Waals surface area contributed by atoms with Crippen molar-refractivity contribution in [2.45, 2.75) is 90.5 Å². The third kappa shape index (κ3) is 12.7. The molecule has 0 fully saturated rings. The molecule has 18 heavy (non-hydrogen) atoms. The number of hydrogen-bond acceptors (Lipinski definition) is 1. The second-order valence-electron chi connectivity index (χ2n) is 6.08. The van der Waals surface area contributed by atoms with Gasteiger partial charge in [0.2, 0.25) is 0 Å². The first-order chi connectivity index (χ1) is 8.62. The lowest BCUT2D eigenvalue weighted by molar-refractivity contribution is 0.348. The third-order valence-electron chi connectivity index (χ3n) is 3.57. The Kier molecular flexibility index (Phi) is 12.5. The van der Waals surface area contributed by atoms with E-state index in [1.807, 2.05) is 0 Å². The number of rotatable bonds is 13. The molecule has 1 nitrogen and oxygen atoms in total. The highest BCUT2D eigenvalue weighted by atomic mass is 35.5. The van der Waals surface area contributed by atoms with Crippen molar-refractivity contribution >= 4 is 11.6 Å². The van der Waals surface area contributed by atoms with E-state index in [1.165, 1.54) is 57.8 Å². The van der Waals surface area contributed by atoms with Crippen molar-refractivity contribution in [3.05, 3.63) is 0 Å². The molecule has 0 saturated heterocycles. The highest BCUT2D eigenvalue weighted by Gasteiger charge is 2.15. The minimum absolute atomic E-state index is 0.286. The molecule has 0 unspecified atom stereocenters. The van der Waals surface area contributed by atoms with E-state index in [0.717, 1.165) is 18.8 Å². The summed E-state index contributed by atoms with van der Waals surface area (Å²) in [5.74, 6) is 0.765. The third-order valence-corrected chi connectivity index (χ3v) is 3.84. The lowest BCUT2D eigenvalue weighted by Gasteiger charge is -2.26. The fourth-order valence-electron chi connectivity index (χ4n) is 2.28. The fourth-order valence-corrected chi connectivity index (χ4v) is 2.42. The van der Waals surface area contributed by atoms with Crippen LogP contribution >= 0.6 is 11.6 Å². The van der Waals surface area contributed by atoms with Gasteiger partial charge in [0, 0.05) is 11.4 Å². The van der Waals surface area contributed by atoms with E-state index in [4.69, 9.17) is 11.6 Å². The minimum atomic E-state index is 0.286. The van der Waals surface area contributed by atoms with Crippen LogP contribution in [0, 0.1) is 0 Å². The summed E-state index contributed by atoms with van der Waals surface area (Å²) < 4.78 is 0. The molecule has 0 heterocycles. The Morgan fingerprint density at radius 3 is 1.94 bits per heavy atom. The zero-order valence-electron chi connectivity index (χ0n) is 12.9. The predicted molar refractivity (Wildman–Crippen MR) is 84.6 cm³/mol. The SMILES string of the molecule is CCCCCCCCCCC(C)(C)NCCCCl. The van der Waals surface area contributed by atoms with Crippen molar-refractivity contribution in [2.24, 2.45) is 0 Å². The number of alkyl halides is 1. The Balaban J connectivity index is 3.30. The molecule has 2 heteroatoms. The van der Waals surface area contributed by atoms with E-state index >= 15 is 0 Å². The number of nitrogens with one attached hydrogen (secondary N) is 1. The normalized spacial score (nSPS) is 12.0. The number of unbranched alkanes of at least 4 members (excludes halogenated alkanes) is 7. The minimum Gasteiger partial charge on any atom is -0.312 e. The largest absolute Gasteiger partial charge is 0.312 e. The van der Waals surface area contributed by atoms with Crippen molar-refractivity contribution in [1.82, 2.24) is 5.32 Å². The summed E-state index contributed by atoms with van der Waals surface area (Å²) in [4.78, 5) is 0. The van der Waals surface area contributed by atoms with Gasteiger partial charge < -0.3 is 5.32 Å². The van der Waals surface area contributed by atoms with Gasteiger partial charge in [0.1, 0.15) is 0 Å². The standard InChI is InChI=1S/C16H34ClN/c1-4-5-6-7-8-9-10-11-13-16(2,3)18-15-12-14-17/h18H,4-15H2,1-3H3. The molecule has 0 rings (SSSR count). The van der Waals surface area contributed by atoms with Crippen molar-refractivity contribution in [3.8, 4) is 0 Å². The first-order valence-electron chi connectivity index (χ1n) is 7.93. The molecular weight excluding hydrogens is 242 g/mol. The Labute approximate surface area is 120 Å². The summed E-state index contributed by atoms with van der Waals surface area (Å²) in [7, 11) is 0. The van der Waals surface area contributed by atoms with Gasteiger partial charge in [-0.3, -0.25) is 0 Å². The van der Waals surface area contributed by atoms with Crippen molar-refractivity contribution in [2.75, 3.05) is 12.4 Å². The van der Waals surface area contributed by atoms with Crippen LogP contribution in [0.4, 0.5) is 0 Å². The second-order valence-corrected chi connectivity index (χ2v) is 6.46. The zero-order chi connectivity index (χ0) is 13.7. The topological polar surface area (TPSA) is 12.0 Å².